The second-order valence-corrected chi connectivity index (χ2v) is 8.86. The van der Waals surface area contributed by atoms with E-state index >= 15 is 0 Å². The van der Waals surface area contributed by atoms with Crippen LogP contribution in [0.25, 0.3) is 11.1 Å². The Morgan fingerprint density at radius 2 is 1.53 bits per heavy atom. The number of rotatable bonds is 6. The van der Waals surface area contributed by atoms with Crippen LogP contribution in [0.1, 0.15) is 46.8 Å². The van der Waals surface area contributed by atoms with Gasteiger partial charge in [-0.2, -0.15) is 0 Å². The predicted molar refractivity (Wildman–Crippen MR) is 129 cm³/mol. The van der Waals surface area contributed by atoms with Crippen LogP contribution in [0, 0.1) is 6.92 Å². The molecule has 2 amide bonds. The number of aromatic carboxylic acids is 1. The average Bonchev–Trinajstić information content (AvgIpc) is 3.12. The molecule has 0 heterocycles. The zero-order valence-electron chi connectivity index (χ0n) is 19.2. The van der Waals surface area contributed by atoms with Crippen LogP contribution in [-0.2, 0) is 9.53 Å². The molecule has 34 heavy (non-hydrogen) atoms. The molecule has 3 aromatic carbocycles. The van der Waals surface area contributed by atoms with Gasteiger partial charge in [-0.3, -0.25) is 4.79 Å². The third kappa shape index (κ3) is 4.50. The molecule has 3 N–H and O–H groups in total. The van der Waals surface area contributed by atoms with Crippen molar-refractivity contribution in [2.75, 3.05) is 11.9 Å². The average molecular weight is 459 g/mol. The smallest absolute Gasteiger partial charge is 0.408 e. The molecule has 0 bridgehead atoms. The van der Waals surface area contributed by atoms with Gasteiger partial charge in [0.05, 0.1) is 5.56 Å². The highest BCUT2D eigenvalue weighted by atomic mass is 16.5. The van der Waals surface area contributed by atoms with Gasteiger partial charge in [0.15, 0.2) is 0 Å². The summed E-state index contributed by atoms with van der Waals surface area (Å²) >= 11 is 0. The van der Waals surface area contributed by atoms with Gasteiger partial charge in [0, 0.05) is 11.6 Å². The lowest BCUT2D eigenvalue weighted by molar-refractivity contribution is -0.121. The first-order valence-corrected chi connectivity index (χ1v) is 11.0. The third-order valence-corrected chi connectivity index (χ3v) is 6.05. The van der Waals surface area contributed by atoms with E-state index in [2.05, 4.69) is 22.8 Å². The van der Waals surface area contributed by atoms with E-state index in [1.807, 2.05) is 36.4 Å². The van der Waals surface area contributed by atoms with Crippen molar-refractivity contribution in [2.45, 2.75) is 32.2 Å². The Hall–Kier alpha value is -4.13. The molecule has 0 aliphatic heterocycles. The molecule has 1 aliphatic carbocycles. The van der Waals surface area contributed by atoms with Crippen molar-refractivity contribution in [1.29, 1.82) is 0 Å². The maximum Gasteiger partial charge on any atom is 0.408 e. The molecule has 0 aromatic heterocycles. The fourth-order valence-electron chi connectivity index (χ4n) is 4.16. The van der Waals surface area contributed by atoms with E-state index in [0.717, 1.165) is 22.3 Å². The summed E-state index contributed by atoms with van der Waals surface area (Å²) in [6, 6.07) is 20.7. The monoisotopic (exact) mass is 458 g/mol. The van der Waals surface area contributed by atoms with Gasteiger partial charge in [-0.1, -0.05) is 54.6 Å². The predicted octanol–water partition coefficient (Wildman–Crippen LogP) is 4.95. The standard InChI is InChI=1S/C27H26N2O5/c1-16-12-13-17(14-22(16)24(30)31)28-25(32)27(2,3)29-26(33)34-15-23-20-10-6-4-8-18(20)19-9-5-7-11-21(19)23/h4-14,23H,15H2,1-3H3,(H,28,32)(H,29,33)(H,30,31). The highest BCUT2D eigenvalue weighted by Gasteiger charge is 2.32. The topological polar surface area (TPSA) is 105 Å². The molecule has 7 nitrogen and oxygen atoms in total. The number of alkyl carbamates (subject to hydrolysis) is 1. The Morgan fingerprint density at radius 3 is 2.12 bits per heavy atom. The number of nitrogens with one attached hydrogen (secondary N) is 2. The first-order chi connectivity index (χ1) is 16.2. The van der Waals surface area contributed by atoms with Crippen molar-refractivity contribution >= 4 is 23.7 Å². The second-order valence-electron chi connectivity index (χ2n) is 8.86. The Labute approximate surface area is 197 Å². The molecule has 1 aliphatic rings. The van der Waals surface area contributed by atoms with E-state index < -0.39 is 23.5 Å². The highest BCUT2D eigenvalue weighted by Crippen LogP contribution is 2.44. The molecule has 0 radical (unpaired) electrons. The van der Waals surface area contributed by atoms with Gasteiger partial charge in [0.25, 0.3) is 0 Å². The molecular formula is C27H26N2O5. The van der Waals surface area contributed by atoms with E-state index in [-0.39, 0.29) is 18.1 Å². The number of hydrogen-bond donors (Lipinski definition) is 3. The Morgan fingerprint density at radius 1 is 0.941 bits per heavy atom. The van der Waals surface area contributed by atoms with Crippen LogP contribution in [0.3, 0.4) is 0 Å². The van der Waals surface area contributed by atoms with Gasteiger partial charge in [0.1, 0.15) is 12.1 Å². The third-order valence-electron chi connectivity index (χ3n) is 6.05. The van der Waals surface area contributed by atoms with Gasteiger partial charge >= 0.3 is 12.1 Å². The second kappa shape index (κ2) is 9.02. The van der Waals surface area contributed by atoms with Crippen molar-refractivity contribution in [3.63, 3.8) is 0 Å². The summed E-state index contributed by atoms with van der Waals surface area (Å²) in [7, 11) is 0. The van der Waals surface area contributed by atoms with E-state index in [1.165, 1.54) is 6.07 Å². The largest absolute Gasteiger partial charge is 0.478 e. The van der Waals surface area contributed by atoms with E-state index in [4.69, 9.17) is 4.74 Å². The van der Waals surface area contributed by atoms with Gasteiger partial charge < -0.3 is 20.5 Å². The van der Waals surface area contributed by atoms with Crippen LogP contribution in [0.15, 0.2) is 66.7 Å². The number of carboxylic acids is 1. The lowest BCUT2D eigenvalue weighted by Gasteiger charge is -2.25. The van der Waals surface area contributed by atoms with Crippen molar-refractivity contribution in [2.24, 2.45) is 0 Å². The molecule has 0 spiro atoms. The molecule has 7 heteroatoms. The van der Waals surface area contributed by atoms with E-state index in [9.17, 15) is 19.5 Å². The van der Waals surface area contributed by atoms with Crippen molar-refractivity contribution in [3.05, 3.63) is 89.0 Å². The SMILES string of the molecule is Cc1ccc(NC(=O)C(C)(C)NC(=O)OCC2c3ccccc3-c3ccccc32)cc1C(=O)O. The molecule has 3 aromatic rings. The molecule has 0 unspecified atom stereocenters. The number of fused-ring (bicyclic) bond motifs is 3. The summed E-state index contributed by atoms with van der Waals surface area (Å²) in [6.07, 6.45) is -0.711. The first kappa shape index (κ1) is 23.0. The number of carboxylic acid groups (broad SMARTS) is 1. The van der Waals surface area contributed by atoms with Crippen LogP contribution in [0.5, 0.6) is 0 Å². The van der Waals surface area contributed by atoms with Crippen LogP contribution in [0.2, 0.25) is 0 Å². The number of anilines is 1. The van der Waals surface area contributed by atoms with E-state index in [0.29, 0.717) is 11.3 Å². The summed E-state index contributed by atoms with van der Waals surface area (Å²) in [4.78, 5) is 36.7. The van der Waals surface area contributed by atoms with Gasteiger partial charge in [0.2, 0.25) is 5.91 Å². The maximum absolute atomic E-state index is 12.8. The summed E-state index contributed by atoms with van der Waals surface area (Å²) in [5.41, 5.74) is 4.18. The number of benzene rings is 3. The number of hydrogen-bond acceptors (Lipinski definition) is 4. The minimum Gasteiger partial charge on any atom is -0.478 e. The van der Waals surface area contributed by atoms with Gasteiger partial charge in [-0.25, -0.2) is 9.59 Å². The summed E-state index contributed by atoms with van der Waals surface area (Å²) < 4.78 is 5.53. The van der Waals surface area contributed by atoms with Crippen molar-refractivity contribution < 1.29 is 24.2 Å². The Kier molecular flexibility index (Phi) is 6.11. The highest BCUT2D eigenvalue weighted by molar-refractivity contribution is 6.00. The Bertz CT molecular complexity index is 1240. The minimum absolute atomic E-state index is 0.0860. The first-order valence-electron chi connectivity index (χ1n) is 11.0. The normalized spacial score (nSPS) is 12.4. The Balaban J connectivity index is 1.40. The molecule has 0 saturated heterocycles. The lowest BCUT2D eigenvalue weighted by Crippen LogP contribution is -2.52. The number of amides is 2. The zero-order valence-corrected chi connectivity index (χ0v) is 19.2. The molecule has 0 atom stereocenters. The van der Waals surface area contributed by atoms with Crippen LogP contribution < -0.4 is 10.6 Å². The number of ether oxygens (including phenoxy) is 1. The molecular weight excluding hydrogens is 432 g/mol. The number of aryl methyl sites for hydroxylation is 1. The molecule has 4 rings (SSSR count). The fourth-order valence-corrected chi connectivity index (χ4v) is 4.16. The van der Waals surface area contributed by atoms with Gasteiger partial charge in [-0.05, 0) is 60.7 Å². The molecule has 0 fully saturated rings. The zero-order chi connectivity index (χ0) is 24.5. The summed E-state index contributed by atoms with van der Waals surface area (Å²) in [5, 5.41) is 14.6. The van der Waals surface area contributed by atoms with Crippen molar-refractivity contribution in [1.82, 2.24) is 5.32 Å². The molecule has 0 saturated carbocycles. The summed E-state index contributed by atoms with van der Waals surface area (Å²) in [5.74, 6) is -1.66. The lowest BCUT2D eigenvalue weighted by atomic mass is 9.98. The van der Waals surface area contributed by atoms with Crippen LogP contribution >= 0.6 is 0 Å². The minimum atomic E-state index is -1.29. The molecule has 174 valence electrons. The van der Waals surface area contributed by atoms with Gasteiger partial charge in [-0.15, -0.1) is 0 Å². The van der Waals surface area contributed by atoms with Crippen LogP contribution in [-0.4, -0.2) is 35.2 Å². The quantitative estimate of drug-likeness (QED) is 0.485. The number of carbonyl (C=O) groups excluding carboxylic acids is 2. The summed E-state index contributed by atoms with van der Waals surface area (Å²) in [6.45, 7) is 4.92. The maximum atomic E-state index is 12.8. The van der Waals surface area contributed by atoms with Crippen LogP contribution in [0.4, 0.5) is 10.5 Å². The van der Waals surface area contributed by atoms with Crippen molar-refractivity contribution in [3.8, 4) is 11.1 Å². The number of carbonyl (C=O) groups is 3. The fraction of sp³-hybridized carbons (Fsp3) is 0.222. The van der Waals surface area contributed by atoms with E-state index in [1.54, 1.807) is 32.9 Å².